The third kappa shape index (κ3) is 3.02. The normalized spacial score (nSPS) is 19.2. The molecule has 0 amide bonds. The Kier molecular flexibility index (Phi) is 4.59. The summed E-state index contributed by atoms with van der Waals surface area (Å²) in [4.78, 5) is 17.4. The molecule has 128 valence electrons. The molecule has 2 aliphatic heterocycles. The van der Waals surface area contributed by atoms with Crippen molar-refractivity contribution in [2.75, 3.05) is 13.3 Å². The first-order chi connectivity index (χ1) is 11.2. The van der Waals surface area contributed by atoms with E-state index in [1.807, 2.05) is 11.0 Å². The van der Waals surface area contributed by atoms with Crippen LogP contribution in [0.5, 0.6) is 11.5 Å². The molecule has 1 aromatic heterocycles. The standard InChI is InChI=1S/C15H15N3O5.ClH/c19-15(20)10-2-1-5-18(10)7-13-16-14(17-23-13)9-3-4-11-12(6-9)22-8-21-11;/h3-4,6,10H,1-2,5,7-8H2,(H,19,20);1H. The summed E-state index contributed by atoms with van der Waals surface area (Å²) in [5, 5.41) is 13.2. The van der Waals surface area contributed by atoms with Crippen molar-refractivity contribution in [1.82, 2.24) is 15.0 Å². The first-order valence-corrected chi connectivity index (χ1v) is 7.40. The van der Waals surface area contributed by atoms with E-state index in [2.05, 4.69) is 10.1 Å². The van der Waals surface area contributed by atoms with E-state index in [9.17, 15) is 9.90 Å². The summed E-state index contributed by atoms with van der Waals surface area (Å²) in [5.41, 5.74) is 0.764. The second kappa shape index (κ2) is 6.66. The molecule has 1 N–H and O–H groups in total. The van der Waals surface area contributed by atoms with Crippen LogP contribution in [0.3, 0.4) is 0 Å². The van der Waals surface area contributed by atoms with Gasteiger partial charge in [-0.25, -0.2) is 0 Å². The number of likely N-dealkylation sites (tertiary alicyclic amines) is 1. The van der Waals surface area contributed by atoms with Crippen LogP contribution in [0.4, 0.5) is 0 Å². The van der Waals surface area contributed by atoms with E-state index in [-0.39, 0.29) is 19.2 Å². The average Bonchev–Trinajstić information content (AvgIpc) is 3.26. The van der Waals surface area contributed by atoms with Gasteiger partial charge in [0.1, 0.15) is 6.04 Å². The van der Waals surface area contributed by atoms with Crippen molar-refractivity contribution in [1.29, 1.82) is 0 Å². The second-order valence-electron chi connectivity index (χ2n) is 5.55. The number of fused-ring (bicyclic) bond motifs is 1. The number of carboxylic acids is 1. The van der Waals surface area contributed by atoms with Gasteiger partial charge in [-0.3, -0.25) is 9.69 Å². The minimum absolute atomic E-state index is 0. The Hall–Kier alpha value is -2.32. The minimum Gasteiger partial charge on any atom is -0.480 e. The van der Waals surface area contributed by atoms with Crippen molar-refractivity contribution in [2.45, 2.75) is 25.4 Å². The van der Waals surface area contributed by atoms with E-state index in [1.54, 1.807) is 12.1 Å². The third-order valence-electron chi connectivity index (χ3n) is 4.09. The van der Waals surface area contributed by atoms with Crippen LogP contribution in [0.15, 0.2) is 22.7 Å². The van der Waals surface area contributed by atoms with Crippen molar-refractivity contribution < 1.29 is 23.9 Å². The number of hydrogen-bond acceptors (Lipinski definition) is 7. The van der Waals surface area contributed by atoms with Gasteiger partial charge >= 0.3 is 5.97 Å². The Morgan fingerprint density at radius 2 is 2.17 bits per heavy atom. The number of aliphatic carboxylic acids is 1. The highest BCUT2D eigenvalue weighted by molar-refractivity contribution is 5.85. The van der Waals surface area contributed by atoms with E-state index in [0.717, 1.165) is 18.5 Å². The summed E-state index contributed by atoms with van der Waals surface area (Å²) in [7, 11) is 0. The molecule has 1 atom stereocenters. The van der Waals surface area contributed by atoms with Crippen molar-refractivity contribution in [3.05, 3.63) is 24.1 Å². The van der Waals surface area contributed by atoms with E-state index in [1.165, 1.54) is 0 Å². The topological polar surface area (TPSA) is 97.9 Å². The van der Waals surface area contributed by atoms with Gasteiger partial charge in [-0.2, -0.15) is 4.98 Å². The van der Waals surface area contributed by atoms with Gasteiger partial charge < -0.3 is 19.1 Å². The molecule has 9 heteroatoms. The highest BCUT2D eigenvalue weighted by Gasteiger charge is 2.31. The van der Waals surface area contributed by atoms with Crippen LogP contribution in [0.1, 0.15) is 18.7 Å². The number of aromatic nitrogens is 2. The Morgan fingerprint density at radius 3 is 3.00 bits per heavy atom. The highest BCUT2D eigenvalue weighted by Crippen LogP contribution is 2.35. The van der Waals surface area contributed by atoms with Crippen molar-refractivity contribution in [3.8, 4) is 22.9 Å². The summed E-state index contributed by atoms with van der Waals surface area (Å²) in [6.45, 7) is 1.27. The number of carbonyl (C=O) groups is 1. The van der Waals surface area contributed by atoms with Crippen LogP contribution in [0.2, 0.25) is 0 Å². The first kappa shape index (κ1) is 16.5. The fraction of sp³-hybridized carbons (Fsp3) is 0.400. The van der Waals surface area contributed by atoms with E-state index in [4.69, 9.17) is 14.0 Å². The lowest BCUT2D eigenvalue weighted by molar-refractivity contribution is -0.142. The minimum atomic E-state index is -0.807. The summed E-state index contributed by atoms with van der Waals surface area (Å²) < 4.78 is 15.9. The molecule has 1 saturated heterocycles. The molecule has 0 radical (unpaired) electrons. The quantitative estimate of drug-likeness (QED) is 0.890. The zero-order chi connectivity index (χ0) is 15.8. The third-order valence-corrected chi connectivity index (χ3v) is 4.09. The Balaban J connectivity index is 0.00000169. The molecule has 24 heavy (non-hydrogen) atoms. The molecule has 1 aromatic carbocycles. The highest BCUT2D eigenvalue weighted by atomic mass is 35.5. The molecule has 0 aliphatic carbocycles. The second-order valence-corrected chi connectivity index (χ2v) is 5.55. The Morgan fingerprint density at radius 1 is 1.33 bits per heavy atom. The van der Waals surface area contributed by atoms with Gasteiger partial charge in [0, 0.05) is 5.56 Å². The van der Waals surface area contributed by atoms with Crippen LogP contribution in [-0.4, -0.2) is 45.5 Å². The van der Waals surface area contributed by atoms with Crippen molar-refractivity contribution in [2.24, 2.45) is 0 Å². The molecular formula is C15H16ClN3O5. The first-order valence-electron chi connectivity index (χ1n) is 7.40. The van der Waals surface area contributed by atoms with E-state index in [0.29, 0.717) is 36.2 Å². The molecule has 1 unspecified atom stereocenters. The molecule has 8 nitrogen and oxygen atoms in total. The summed E-state index contributed by atoms with van der Waals surface area (Å²) in [5.74, 6) is 1.39. The number of ether oxygens (including phenoxy) is 2. The predicted molar refractivity (Wildman–Crippen MR) is 84.2 cm³/mol. The molecule has 1 fully saturated rings. The monoisotopic (exact) mass is 353 g/mol. The molecule has 0 bridgehead atoms. The van der Waals surface area contributed by atoms with Crippen molar-refractivity contribution >= 4 is 18.4 Å². The predicted octanol–water partition coefficient (Wildman–Crippen LogP) is 1.94. The van der Waals surface area contributed by atoms with E-state index >= 15 is 0 Å². The molecule has 2 aliphatic rings. The lowest BCUT2D eigenvalue weighted by Gasteiger charge is -2.18. The van der Waals surface area contributed by atoms with Crippen LogP contribution < -0.4 is 9.47 Å². The van der Waals surface area contributed by atoms with Crippen LogP contribution in [-0.2, 0) is 11.3 Å². The summed E-state index contributed by atoms with van der Waals surface area (Å²) >= 11 is 0. The molecule has 3 heterocycles. The van der Waals surface area contributed by atoms with E-state index < -0.39 is 12.0 Å². The van der Waals surface area contributed by atoms with Gasteiger partial charge in [0.15, 0.2) is 11.5 Å². The van der Waals surface area contributed by atoms with Crippen molar-refractivity contribution in [3.63, 3.8) is 0 Å². The molecule has 0 spiro atoms. The van der Waals surface area contributed by atoms with Crippen LogP contribution in [0.25, 0.3) is 11.4 Å². The maximum absolute atomic E-state index is 11.2. The van der Waals surface area contributed by atoms with Crippen LogP contribution in [0, 0.1) is 0 Å². The maximum atomic E-state index is 11.2. The number of halogens is 1. The Labute approximate surface area is 143 Å². The largest absolute Gasteiger partial charge is 0.480 e. The van der Waals surface area contributed by atoms with Gasteiger partial charge in [-0.15, -0.1) is 12.4 Å². The zero-order valence-corrected chi connectivity index (χ0v) is 13.5. The summed E-state index contributed by atoms with van der Waals surface area (Å²) in [6.07, 6.45) is 1.51. The number of rotatable bonds is 4. The Bertz CT molecular complexity index is 750. The fourth-order valence-corrected chi connectivity index (χ4v) is 2.94. The molecule has 0 saturated carbocycles. The molecular weight excluding hydrogens is 338 g/mol. The average molecular weight is 354 g/mol. The van der Waals surface area contributed by atoms with Crippen LogP contribution >= 0.6 is 12.4 Å². The lowest BCUT2D eigenvalue weighted by atomic mass is 10.2. The van der Waals surface area contributed by atoms with Gasteiger partial charge in [0.25, 0.3) is 0 Å². The summed E-state index contributed by atoms with van der Waals surface area (Å²) in [6, 6.07) is 4.95. The molecule has 2 aromatic rings. The van der Waals surface area contributed by atoms with Gasteiger partial charge in [0.2, 0.25) is 18.5 Å². The smallest absolute Gasteiger partial charge is 0.320 e. The number of benzene rings is 1. The lowest BCUT2D eigenvalue weighted by Crippen LogP contribution is -2.35. The van der Waals surface area contributed by atoms with Gasteiger partial charge in [-0.05, 0) is 37.6 Å². The zero-order valence-electron chi connectivity index (χ0n) is 12.7. The SMILES string of the molecule is Cl.O=C(O)C1CCCN1Cc1nc(-c2ccc3c(c2)OCO3)no1. The number of nitrogens with zero attached hydrogens (tertiary/aromatic N) is 3. The number of hydrogen-bond donors (Lipinski definition) is 1. The fourth-order valence-electron chi connectivity index (χ4n) is 2.94. The van der Waals surface area contributed by atoms with Gasteiger partial charge in [-0.1, -0.05) is 5.16 Å². The number of carboxylic acid groups (broad SMARTS) is 1. The molecule has 4 rings (SSSR count). The maximum Gasteiger partial charge on any atom is 0.320 e. The van der Waals surface area contributed by atoms with Gasteiger partial charge in [0.05, 0.1) is 6.54 Å².